The molecule has 284 valence electrons. The molecule has 0 atom stereocenters. The summed E-state index contributed by atoms with van der Waals surface area (Å²) in [6, 6.07) is 20.0. The number of likely N-dealkylation sites (tertiary alicyclic amines) is 2. The molecule has 2 amide bonds. The standard InChI is InChI=1S/C21H26N2O3.C11H11NO.C10H17NO3/c1-15-7-8-16-17(14-15)25-21(18-6-5-11-23(16)18)9-12-22(13-10-21)19(24)26-20(2,3)4;1-9-4-5-10(11(13)8-9)12-6-2-3-7-12;1-10(2,3)14-9(13)11-6-4-8(12)5-7-11/h5-8,11,14H,9-10,12-13H2,1-4H3;2-8,13H,1H3;4-7H2,1-3H3. The molecule has 0 unspecified atom stereocenters. The monoisotopic (exact) mass is 726 g/mol. The molecule has 3 aliphatic rings. The summed E-state index contributed by atoms with van der Waals surface area (Å²) in [5.74, 6) is 1.46. The van der Waals surface area contributed by atoms with Crippen LogP contribution in [0.2, 0.25) is 0 Å². The third-order valence-corrected chi connectivity index (χ3v) is 9.10. The number of phenolic OH excluding ortho intramolecular Hbond substituents is 1. The fourth-order valence-corrected chi connectivity index (χ4v) is 6.47. The molecule has 11 heteroatoms. The van der Waals surface area contributed by atoms with Crippen molar-refractivity contribution in [2.24, 2.45) is 0 Å². The van der Waals surface area contributed by atoms with Crippen molar-refractivity contribution in [3.05, 3.63) is 96.1 Å². The first kappa shape index (κ1) is 39.0. The Morgan fingerprint density at radius 3 is 1.79 bits per heavy atom. The maximum atomic E-state index is 12.4. The Hall–Kier alpha value is -5.19. The number of aryl methyl sites for hydroxylation is 2. The lowest BCUT2D eigenvalue weighted by Gasteiger charge is -2.45. The summed E-state index contributed by atoms with van der Waals surface area (Å²) in [5.41, 5.74) is 3.98. The molecule has 0 bridgehead atoms. The van der Waals surface area contributed by atoms with E-state index in [1.54, 1.807) is 15.9 Å². The number of carbonyl (C=O) groups is 3. The van der Waals surface area contributed by atoms with Crippen LogP contribution >= 0.6 is 0 Å². The van der Waals surface area contributed by atoms with E-state index in [0.29, 0.717) is 44.8 Å². The summed E-state index contributed by atoms with van der Waals surface area (Å²) < 4.78 is 21.4. The molecule has 0 aliphatic carbocycles. The predicted octanol–water partition coefficient (Wildman–Crippen LogP) is 8.48. The number of hydrogen-bond acceptors (Lipinski definition) is 7. The quantitative estimate of drug-likeness (QED) is 0.209. The molecular weight excluding hydrogens is 672 g/mol. The fourth-order valence-electron chi connectivity index (χ4n) is 6.47. The molecule has 5 heterocycles. The summed E-state index contributed by atoms with van der Waals surface area (Å²) in [6.07, 6.45) is 7.77. The Kier molecular flexibility index (Phi) is 11.6. The van der Waals surface area contributed by atoms with E-state index in [0.717, 1.165) is 41.2 Å². The first-order chi connectivity index (χ1) is 24.9. The number of ether oxygens (including phenoxy) is 3. The Balaban J connectivity index is 0.000000169. The van der Waals surface area contributed by atoms with E-state index in [1.165, 1.54) is 5.56 Å². The molecular formula is C42H54N4O7. The van der Waals surface area contributed by atoms with Crippen molar-refractivity contribution < 1.29 is 33.7 Å². The zero-order valence-corrected chi connectivity index (χ0v) is 32.3. The van der Waals surface area contributed by atoms with Crippen LogP contribution in [0.5, 0.6) is 11.5 Å². The number of benzene rings is 2. The molecule has 0 radical (unpaired) electrons. The van der Waals surface area contributed by atoms with Gasteiger partial charge in [0, 0.05) is 70.5 Å². The van der Waals surface area contributed by atoms with Gasteiger partial charge in [-0.25, -0.2) is 9.59 Å². The lowest BCUT2D eigenvalue weighted by Crippen LogP contribution is -2.50. The van der Waals surface area contributed by atoms with E-state index in [9.17, 15) is 19.5 Å². The number of nitrogens with zero attached hydrogens (tertiary/aromatic N) is 4. The van der Waals surface area contributed by atoms with Crippen molar-refractivity contribution in [2.75, 3.05) is 26.2 Å². The van der Waals surface area contributed by atoms with Crippen molar-refractivity contribution in [3.8, 4) is 22.9 Å². The van der Waals surface area contributed by atoms with E-state index in [-0.39, 0.29) is 23.6 Å². The highest BCUT2D eigenvalue weighted by molar-refractivity contribution is 5.81. The summed E-state index contributed by atoms with van der Waals surface area (Å²) in [4.78, 5) is 38.2. The van der Waals surface area contributed by atoms with Gasteiger partial charge in [0.15, 0.2) is 5.60 Å². The summed E-state index contributed by atoms with van der Waals surface area (Å²) in [7, 11) is 0. The fraction of sp³-hybridized carbons (Fsp3) is 0.452. The lowest BCUT2D eigenvalue weighted by atomic mass is 9.86. The number of fused-ring (bicyclic) bond motifs is 4. The molecule has 1 N–H and O–H groups in total. The van der Waals surface area contributed by atoms with Gasteiger partial charge in [-0.3, -0.25) is 4.79 Å². The van der Waals surface area contributed by atoms with Crippen LogP contribution in [0.25, 0.3) is 11.4 Å². The van der Waals surface area contributed by atoms with Gasteiger partial charge in [0.25, 0.3) is 0 Å². The number of piperidine rings is 2. The zero-order valence-electron chi connectivity index (χ0n) is 32.3. The minimum atomic E-state index is -0.473. The number of Topliss-reactive ketones (excluding diaryl/α,β-unsaturated/α-hetero) is 1. The average Bonchev–Trinajstić information content (AvgIpc) is 3.79. The maximum absolute atomic E-state index is 12.4. The van der Waals surface area contributed by atoms with Gasteiger partial charge in [0.05, 0.1) is 17.1 Å². The molecule has 7 rings (SSSR count). The van der Waals surface area contributed by atoms with Crippen LogP contribution in [0.15, 0.2) is 79.3 Å². The number of amides is 2. The minimum Gasteiger partial charge on any atom is -0.506 e. The number of hydrogen-bond donors (Lipinski definition) is 1. The van der Waals surface area contributed by atoms with Crippen molar-refractivity contribution in [3.63, 3.8) is 0 Å². The molecule has 11 nitrogen and oxygen atoms in total. The third kappa shape index (κ3) is 10.0. The molecule has 3 aliphatic heterocycles. The third-order valence-electron chi connectivity index (χ3n) is 9.10. The van der Waals surface area contributed by atoms with Gasteiger partial charge >= 0.3 is 12.2 Å². The number of aromatic nitrogens is 2. The highest BCUT2D eigenvalue weighted by atomic mass is 16.6. The van der Waals surface area contributed by atoms with Crippen LogP contribution in [-0.2, 0) is 19.9 Å². The summed E-state index contributed by atoms with van der Waals surface area (Å²) in [6.45, 7) is 17.5. The maximum Gasteiger partial charge on any atom is 0.410 e. The van der Waals surface area contributed by atoms with Crippen LogP contribution in [0.1, 0.15) is 84.0 Å². The second kappa shape index (κ2) is 15.8. The van der Waals surface area contributed by atoms with E-state index >= 15 is 0 Å². The van der Waals surface area contributed by atoms with Gasteiger partial charge in [0.1, 0.15) is 28.5 Å². The van der Waals surface area contributed by atoms with Crippen molar-refractivity contribution >= 4 is 18.0 Å². The highest BCUT2D eigenvalue weighted by Gasteiger charge is 2.45. The number of carbonyl (C=O) groups excluding carboxylic acids is 3. The van der Waals surface area contributed by atoms with E-state index in [1.807, 2.05) is 89.7 Å². The summed E-state index contributed by atoms with van der Waals surface area (Å²) in [5, 5.41) is 9.64. The largest absolute Gasteiger partial charge is 0.506 e. The van der Waals surface area contributed by atoms with Crippen LogP contribution < -0.4 is 4.74 Å². The molecule has 0 saturated carbocycles. The number of ketones is 1. The topological polar surface area (TPSA) is 115 Å². The van der Waals surface area contributed by atoms with Crippen LogP contribution in [0.4, 0.5) is 9.59 Å². The smallest absolute Gasteiger partial charge is 0.410 e. The molecule has 2 aromatic heterocycles. The number of phenols is 1. The average molecular weight is 727 g/mol. The second-order valence-corrected chi connectivity index (χ2v) is 15.9. The van der Waals surface area contributed by atoms with Crippen molar-refractivity contribution in [1.82, 2.24) is 18.9 Å². The Morgan fingerprint density at radius 1 is 0.717 bits per heavy atom. The van der Waals surface area contributed by atoms with Gasteiger partial charge in [-0.1, -0.05) is 12.1 Å². The van der Waals surface area contributed by atoms with Gasteiger partial charge in [0.2, 0.25) is 0 Å². The minimum absolute atomic E-state index is 0.227. The van der Waals surface area contributed by atoms with E-state index < -0.39 is 11.2 Å². The van der Waals surface area contributed by atoms with E-state index in [4.69, 9.17) is 14.2 Å². The van der Waals surface area contributed by atoms with Gasteiger partial charge in [-0.15, -0.1) is 0 Å². The number of rotatable bonds is 1. The first-order valence-electron chi connectivity index (χ1n) is 18.3. The Labute approximate surface area is 313 Å². The molecule has 53 heavy (non-hydrogen) atoms. The van der Waals surface area contributed by atoms with E-state index in [2.05, 4.69) is 48.0 Å². The molecule has 2 saturated heterocycles. The zero-order chi connectivity index (χ0) is 38.6. The SMILES string of the molecule is CC(C)(C)OC(=O)N1CCC(=O)CC1.Cc1ccc(-n2cccc2)c(O)c1.Cc1ccc2c(c1)OC1(CCN(C(=O)OC(C)(C)C)CC1)c1cccn1-2. The number of aromatic hydroxyl groups is 1. The van der Waals surface area contributed by atoms with Gasteiger partial charge in [-0.05, 0) is 115 Å². The lowest BCUT2D eigenvalue weighted by molar-refractivity contribution is -0.121. The predicted molar refractivity (Wildman–Crippen MR) is 204 cm³/mol. The molecule has 4 aromatic rings. The van der Waals surface area contributed by atoms with Crippen LogP contribution in [-0.4, -0.2) is 79.4 Å². The van der Waals surface area contributed by atoms with Gasteiger partial charge in [-0.2, -0.15) is 0 Å². The van der Waals surface area contributed by atoms with Crippen LogP contribution in [0.3, 0.4) is 0 Å². The van der Waals surface area contributed by atoms with Crippen LogP contribution in [0, 0.1) is 13.8 Å². The first-order valence-corrected chi connectivity index (χ1v) is 18.3. The Morgan fingerprint density at radius 2 is 1.25 bits per heavy atom. The Bertz CT molecular complexity index is 1880. The normalized spacial score (nSPS) is 16.2. The van der Waals surface area contributed by atoms with Gasteiger partial charge < -0.3 is 38.3 Å². The molecule has 1 spiro atoms. The second-order valence-electron chi connectivity index (χ2n) is 15.9. The highest BCUT2D eigenvalue weighted by Crippen LogP contribution is 2.45. The van der Waals surface area contributed by atoms with Crippen molar-refractivity contribution in [1.29, 1.82) is 0 Å². The summed E-state index contributed by atoms with van der Waals surface area (Å²) >= 11 is 0. The van der Waals surface area contributed by atoms with Crippen molar-refractivity contribution in [2.45, 2.75) is 97.9 Å². The molecule has 2 aromatic carbocycles. The molecule has 2 fully saturated rings.